The molecule has 3 aromatic rings. The molecule has 142 valence electrons. The predicted octanol–water partition coefficient (Wildman–Crippen LogP) is 2.46. The maximum Gasteiger partial charge on any atom is 0.318 e. The van der Waals surface area contributed by atoms with Crippen molar-refractivity contribution in [1.29, 1.82) is 0 Å². The van der Waals surface area contributed by atoms with Crippen molar-refractivity contribution in [2.45, 2.75) is 45.2 Å². The second-order valence-electron chi connectivity index (χ2n) is 7.04. The van der Waals surface area contributed by atoms with E-state index in [9.17, 15) is 4.79 Å². The van der Waals surface area contributed by atoms with Crippen molar-refractivity contribution in [2.75, 3.05) is 6.54 Å². The lowest BCUT2D eigenvalue weighted by Gasteiger charge is -2.24. The van der Waals surface area contributed by atoms with E-state index >= 15 is 0 Å². The molecule has 1 unspecified atom stereocenters. The van der Waals surface area contributed by atoms with E-state index in [-0.39, 0.29) is 12.1 Å². The van der Waals surface area contributed by atoms with Crippen LogP contribution in [0, 0.1) is 0 Å². The number of pyridine rings is 1. The van der Waals surface area contributed by atoms with Gasteiger partial charge in [-0.05, 0) is 31.4 Å². The summed E-state index contributed by atoms with van der Waals surface area (Å²) in [6.45, 7) is 3.44. The molecule has 0 aliphatic carbocycles. The molecule has 1 N–H and O–H groups in total. The molecule has 0 bridgehead atoms. The molecule has 1 aliphatic heterocycles. The molecule has 1 atom stereocenters. The first-order chi connectivity index (χ1) is 13.2. The predicted molar refractivity (Wildman–Crippen MR) is 101 cm³/mol. The molecule has 0 aromatic carbocycles. The smallest absolute Gasteiger partial charge is 0.318 e. The molecule has 2 amide bonds. The van der Waals surface area contributed by atoms with Gasteiger partial charge in [-0.2, -0.15) is 5.10 Å². The Morgan fingerprint density at radius 3 is 3.07 bits per heavy atom. The molecule has 4 heterocycles. The number of nitrogens with zero attached hydrogens (tertiary/aromatic N) is 6. The van der Waals surface area contributed by atoms with Crippen molar-refractivity contribution in [2.24, 2.45) is 7.05 Å². The number of fused-ring (bicyclic) bond motifs is 2. The first-order valence-electron chi connectivity index (χ1n) is 9.52. The van der Waals surface area contributed by atoms with E-state index in [1.807, 2.05) is 51.6 Å². The van der Waals surface area contributed by atoms with Crippen LogP contribution in [0.4, 0.5) is 4.79 Å². The van der Waals surface area contributed by atoms with Gasteiger partial charge in [-0.3, -0.25) is 9.08 Å². The van der Waals surface area contributed by atoms with Crippen LogP contribution in [0.3, 0.4) is 0 Å². The van der Waals surface area contributed by atoms with E-state index in [2.05, 4.69) is 27.5 Å². The van der Waals surface area contributed by atoms with Crippen LogP contribution in [0.1, 0.15) is 49.3 Å². The monoisotopic (exact) mass is 367 g/mol. The molecule has 3 aromatic heterocycles. The Hall–Kier alpha value is -2.90. The van der Waals surface area contributed by atoms with E-state index in [1.165, 1.54) is 5.69 Å². The van der Waals surface area contributed by atoms with Gasteiger partial charge in [0.2, 0.25) is 0 Å². The van der Waals surface area contributed by atoms with Crippen LogP contribution in [-0.4, -0.2) is 41.9 Å². The number of aromatic nitrogens is 5. The number of amides is 2. The molecule has 4 rings (SSSR count). The Morgan fingerprint density at radius 1 is 1.33 bits per heavy atom. The van der Waals surface area contributed by atoms with Crippen molar-refractivity contribution in [3.8, 4) is 0 Å². The summed E-state index contributed by atoms with van der Waals surface area (Å²) in [4.78, 5) is 14.9. The summed E-state index contributed by atoms with van der Waals surface area (Å²) in [6.07, 6.45) is 7.45. The number of hydrogen-bond acceptors (Lipinski definition) is 4. The molecule has 1 aliphatic rings. The number of nitrogens with one attached hydrogen (secondary N) is 1. The lowest BCUT2D eigenvalue weighted by atomic mass is 10.1. The minimum atomic E-state index is -0.170. The SMILES string of the molecule is CCCC(NC(=O)N1CCCc2c(cnn2C)C1)c1nnc2ccccn12. The van der Waals surface area contributed by atoms with Crippen molar-refractivity contribution >= 4 is 11.7 Å². The van der Waals surface area contributed by atoms with E-state index in [0.717, 1.165) is 49.3 Å². The molecule has 0 saturated heterocycles. The molecule has 0 radical (unpaired) electrons. The second kappa shape index (κ2) is 7.38. The van der Waals surface area contributed by atoms with Gasteiger partial charge in [0.15, 0.2) is 11.5 Å². The van der Waals surface area contributed by atoms with Crippen LogP contribution in [-0.2, 0) is 20.0 Å². The third kappa shape index (κ3) is 3.39. The molecule has 0 spiro atoms. The van der Waals surface area contributed by atoms with E-state index < -0.39 is 0 Å². The molecule has 8 nitrogen and oxygen atoms in total. The van der Waals surface area contributed by atoms with E-state index in [4.69, 9.17) is 0 Å². The fourth-order valence-corrected chi connectivity index (χ4v) is 3.75. The largest absolute Gasteiger partial charge is 0.328 e. The normalized spacial score (nSPS) is 15.4. The zero-order valence-electron chi connectivity index (χ0n) is 15.8. The van der Waals surface area contributed by atoms with Gasteiger partial charge in [0.25, 0.3) is 0 Å². The van der Waals surface area contributed by atoms with E-state index in [0.29, 0.717) is 6.54 Å². The average molecular weight is 367 g/mol. The Morgan fingerprint density at radius 2 is 2.22 bits per heavy atom. The van der Waals surface area contributed by atoms with Crippen molar-refractivity contribution in [3.05, 3.63) is 47.7 Å². The van der Waals surface area contributed by atoms with Gasteiger partial charge < -0.3 is 10.2 Å². The highest BCUT2D eigenvalue weighted by atomic mass is 16.2. The maximum absolute atomic E-state index is 13.0. The second-order valence-corrected chi connectivity index (χ2v) is 7.04. The number of carbonyl (C=O) groups is 1. The van der Waals surface area contributed by atoms with Crippen molar-refractivity contribution in [1.82, 2.24) is 34.6 Å². The van der Waals surface area contributed by atoms with Crippen LogP contribution in [0.5, 0.6) is 0 Å². The highest BCUT2D eigenvalue weighted by Gasteiger charge is 2.25. The van der Waals surface area contributed by atoms with Gasteiger partial charge in [0.1, 0.15) is 0 Å². The molecule has 8 heteroatoms. The van der Waals surface area contributed by atoms with Gasteiger partial charge in [-0.15, -0.1) is 10.2 Å². The van der Waals surface area contributed by atoms with Crippen molar-refractivity contribution in [3.63, 3.8) is 0 Å². The zero-order chi connectivity index (χ0) is 18.8. The molecule has 0 fully saturated rings. The fraction of sp³-hybridized carbons (Fsp3) is 0.474. The van der Waals surface area contributed by atoms with Gasteiger partial charge in [-0.1, -0.05) is 19.4 Å². The number of rotatable bonds is 4. The quantitative estimate of drug-likeness (QED) is 0.768. The summed E-state index contributed by atoms with van der Waals surface area (Å²) in [6, 6.07) is 5.57. The summed E-state index contributed by atoms with van der Waals surface area (Å²) >= 11 is 0. The number of hydrogen-bond donors (Lipinski definition) is 1. The van der Waals surface area contributed by atoms with Gasteiger partial charge in [0, 0.05) is 31.0 Å². The Balaban J connectivity index is 1.54. The third-order valence-electron chi connectivity index (χ3n) is 5.16. The number of carbonyl (C=O) groups excluding carboxylic acids is 1. The molecule has 0 saturated carbocycles. The molecular formula is C19H25N7O. The Kier molecular flexibility index (Phi) is 4.79. The highest BCUT2D eigenvalue weighted by Crippen LogP contribution is 2.21. The van der Waals surface area contributed by atoms with Gasteiger partial charge in [-0.25, -0.2) is 4.79 Å². The lowest BCUT2D eigenvalue weighted by Crippen LogP contribution is -2.41. The van der Waals surface area contributed by atoms with Crippen LogP contribution >= 0.6 is 0 Å². The summed E-state index contributed by atoms with van der Waals surface area (Å²) < 4.78 is 3.86. The average Bonchev–Trinajstić information content (AvgIpc) is 3.17. The number of aryl methyl sites for hydroxylation is 1. The minimum absolute atomic E-state index is 0.0576. The van der Waals surface area contributed by atoms with Crippen LogP contribution < -0.4 is 5.32 Å². The van der Waals surface area contributed by atoms with Crippen molar-refractivity contribution < 1.29 is 4.79 Å². The zero-order valence-corrected chi connectivity index (χ0v) is 15.8. The summed E-state index contributed by atoms with van der Waals surface area (Å²) in [7, 11) is 1.96. The van der Waals surface area contributed by atoms with Crippen LogP contribution in [0.25, 0.3) is 5.65 Å². The molecular weight excluding hydrogens is 342 g/mol. The summed E-state index contributed by atoms with van der Waals surface area (Å²) in [5, 5.41) is 16.1. The Bertz CT molecular complexity index is 945. The van der Waals surface area contributed by atoms with Gasteiger partial charge >= 0.3 is 6.03 Å². The molecule has 27 heavy (non-hydrogen) atoms. The first kappa shape index (κ1) is 17.5. The Labute approximate surface area is 158 Å². The highest BCUT2D eigenvalue weighted by molar-refractivity contribution is 5.74. The van der Waals surface area contributed by atoms with E-state index in [1.54, 1.807) is 0 Å². The summed E-state index contributed by atoms with van der Waals surface area (Å²) in [5.41, 5.74) is 3.14. The topological polar surface area (TPSA) is 80.3 Å². The maximum atomic E-state index is 13.0. The fourth-order valence-electron chi connectivity index (χ4n) is 3.75. The first-order valence-corrected chi connectivity index (χ1v) is 9.52. The van der Waals surface area contributed by atoms with Crippen LogP contribution in [0.15, 0.2) is 30.6 Å². The third-order valence-corrected chi connectivity index (χ3v) is 5.16. The lowest BCUT2D eigenvalue weighted by molar-refractivity contribution is 0.190. The summed E-state index contributed by atoms with van der Waals surface area (Å²) in [5.74, 6) is 0.776. The standard InChI is InChI=1S/C19H25N7O/c1-3-7-15(18-23-22-17-9-4-5-11-26(17)18)21-19(27)25-10-6-8-16-14(13-25)12-20-24(16)2/h4-5,9,11-12,15H,3,6-8,10,13H2,1-2H3,(H,21,27). The minimum Gasteiger partial charge on any atom is -0.328 e. The number of urea groups is 1. The van der Waals surface area contributed by atoms with Crippen LogP contribution in [0.2, 0.25) is 0 Å². The van der Waals surface area contributed by atoms with Gasteiger partial charge in [0.05, 0.1) is 18.8 Å².